The van der Waals surface area contributed by atoms with Crippen molar-refractivity contribution in [3.05, 3.63) is 50.9 Å². The first-order valence-corrected chi connectivity index (χ1v) is 9.58. The van der Waals surface area contributed by atoms with E-state index in [0.717, 1.165) is 18.2 Å². The Morgan fingerprint density at radius 1 is 1.03 bits per heavy atom. The van der Waals surface area contributed by atoms with E-state index in [4.69, 9.17) is 5.73 Å². The van der Waals surface area contributed by atoms with Crippen LogP contribution in [-0.4, -0.2) is 31.4 Å². The fourth-order valence-corrected chi connectivity index (χ4v) is 3.51. The zero-order chi connectivity index (χ0) is 21.6. The summed E-state index contributed by atoms with van der Waals surface area (Å²) in [6, 6.07) is 7.19. The molecule has 2 rings (SSSR count). The van der Waals surface area contributed by atoms with Crippen molar-refractivity contribution in [2.45, 2.75) is 6.36 Å². The Labute approximate surface area is 180 Å². The van der Waals surface area contributed by atoms with E-state index in [9.17, 15) is 22.8 Å². The van der Waals surface area contributed by atoms with Crippen LogP contribution in [0.25, 0.3) is 0 Å². The zero-order valence-corrected chi connectivity index (χ0v) is 17.7. The van der Waals surface area contributed by atoms with Gasteiger partial charge in [-0.05, 0) is 30.3 Å². The minimum Gasteiger partial charge on any atom is -0.406 e. The molecule has 0 unspecified atom stereocenters. The van der Waals surface area contributed by atoms with Gasteiger partial charge in [0.2, 0.25) is 0 Å². The lowest BCUT2D eigenvalue weighted by Crippen LogP contribution is -2.30. The number of nitrogens with one attached hydrogen (secondary N) is 3. The fraction of sp³-hybridized carbons (Fsp3) is 0.176. The summed E-state index contributed by atoms with van der Waals surface area (Å²) in [4.78, 5) is 24.6. The van der Waals surface area contributed by atoms with Crippen LogP contribution in [0.3, 0.4) is 0 Å². The second kappa shape index (κ2) is 9.94. The van der Waals surface area contributed by atoms with Crippen LogP contribution in [0.15, 0.2) is 45.3 Å². The molecule has 3 amide bonds. The number of halogens is 5. The largest absolute Gasteiger partial charge is 0.573 e. The van der Waals surface area contributed by atoms with Gasteiger partial charge in [-0.25, -0.2) is 4.79 Å². The molecule has 0 saturated carbocycles. The Morgan fingerprint density at radius 2 is 1.69 bits per heavy atom. The average Bonchev–Trinajstić information content (AvgIpc) is 2.57. The van der Waals surface area contributed by atoms with E-state index in [-0.39, 0.29) is 24.3 Å². The number of anilines is 2. The van der Waals surface area contributed by atoms with E-state index >= 15 is 0 Å². The highest BCUT2D eigenvalue weighted by Gasteiger charge is 2.31. The molecule has 2 aromatic rings. The number of urea groups is 1. The molecule has 29 heavy (non-hydrogen) atoms. The van der Waals surface area contributed by atoms with Crippen LogP contribution in [0.1, 0.15) is 10.4 Å². The number of hydrogen-bond donors (Lipinski definition) is 4. The second-order valence-corrected chi connectivity index (χ2v) is 7.37. The minimum atomic E-state index is -4.93. The summed E-state index contributed by atoms with van der Waals surface area (Å²) >= 11 is 6.55. The molecule has 2 aromatic carbocycles. The summed E-state index contributed by atoms with van der Waals surface area (Å²) < 4.78 is 42.7. The number of alkyl halides is 3. The van der Waals surface area contributed by atoms with Crippen LogP contribution >= 0.6 is 31.9 Å². The molecule has 0 spiro atoms. The lowest BCUT2D eigenvalue weighted by molar-refractivity contribution is -0.274. The first-order valence-electron chi connectivity index (χ1n) is 7.99. The summed E-state index contributed by atoms with van der Waals surface area (Å²) in [6.07, 6.45) is -4.93. The highest BCUT2D eigenvalue weighted by molar-refractivity contribution is 9.11. The van der Waals surface area contributed by atoms with Crippen molar-refractivity contribution < 1.29 is 27.5 Å². The monoisotopic (exact) mass is 538 g/mol. The van der Waals surface area contributed by atoms with Crippen LogP contribution in [0, 0.1) is 0 Å². The third-order valence-corrected chi connectivity index (χ3v) is 4.18. The van der Waals surface area contributed by atoms with E-state index in [1.54, 1.807) is 18.2 Å². The Kier molecular flexibility index (Phi) is 7.88. The predicted octanol–water partition coefficient (Wildman–Crippen LogP) is 4.44. The number of nitrogens with two attached hydrogens (primary N) is 1. The summed E-state index contributed by atoms with van der Waals surface area (Å²) in [5, 5.41) is 7.37. The molecule has 0 aliphatic carbocycles. The van der Waals surface area contributed by atoms with Crippen LogP contribution in [0.5, 0.6) is 5.75 Å². The molecule has 0 bridgehead atoms. The van der Waals surface area contributed by atoms with Gasteiger partial charge < -0.3 is 26.4 Å². The smallest absolute Gasteiger partial charge is 0.406 e. The van der Waals surface area contributed by atoms with Gasteiger partial charge in [0.15, 0.2) is 0 Å². The number of benzene rings is 2. The minimum absolute atomic E-state index is 0.0569. The molecule has 7 nitrogen and oxygen atoms in total. The maximum atomic E-state index is 12.5. The van der Waals surface area contributed by atoms with Gasteiger partial charge in [0.1, 0.15) is 5.75 Å². The molecular formula is C17H15Br2F3N4O3. The third kappa shape index (κ3) is 7.55. The Bertz CT molecular complexity index is 890. The van der Waals surface area contributed by atoms with Crippen molar-refractivity contribution in [3.8, 4) is 5.75 Å². The van der Waals surface area contributed by atoms with Crippen molar-refractivity contribution in [3.63, 3.8) is 0 Å². The number of amides is 3. The molecule has 0 aliphatic rings. The SMILES string of the molecule is NCCNC(=O)c1ccc(OC(F)(F)F)cc1NC(=O)Nc1cc(Br)cc(Br)c1. The summed E-state index contributed by atoms with van der Waals surface area (Å²) in [5.41, 5.74) is 5.50. The highest BCUT2D eigenvalue weighted by Crippen LogP contribution is 2.28. The normalized spacial score (nSPS) is 11.0. The van der Waals surface area contributed by atoms with Crippen LogP contribution in [0.2, 0.25) is 0 Å². The number of carbonyl (C=O) groups excluding carboxylic acids is 2. The first-order chi connectivity index (χ1) is 13.6. The molecule has 0 atom stereocenters. The van der Waals surface area contributed by atoms with Crippen molar-refractivity contribution in [1.29, 1.82) is 0 Å². The molecule has 12 heteroatoms. The lowest BCUT2D eigenvalue weighted by atomic mass is 10.1. The average molecular weight is 540 g/mol. The van der Waals surface area contributed by atoms with E-state index in [1.807, 2.05) is 0 Å². The maximum absolute atomic E-state index is 12.5. The van der Waals surface area contributed by atoms with E-state index in [0.29, 0.717) is 14.6 Å². The molecule has 156 valence electrons. The first kappa shape index (κ1) is 23.0. The van der Waals surface area contributed by atoms with Gasteiger partial charge in [0.25, 0.3) is 5.91 Å². The Balaban J connectivity index is 2.27. The van der Waals surface area contributed by atoms with Gasteiger partial charge in [-0.15, -0.1) is 13.2 Å². The lowest BCUT2D eigenvalue weighted by Gasteiger charge is -2.15. The van der Waals surface area contributed by atoms with Crippen LogP contribution < -0.4 is 26.4 Å². The quantitative estimate of drug-likeness (QED) is 0.435. The molecule has 0 saturated heterocycles. The Hall–Kier alpha value is -2.31. The molecule has 0 aromatic heterocycles. The van der Waals surface area contributed by atoms with Gasteiger partial charge in [-0.3, -0.25) is 4.79 Å². The number of hydrogen-bond acceptors (Lipinski definition) is 4. The van der Waals surface area contributed by atoms with Crippen LogP contribution in [0.4, 0.5) is 29.3 Å². The molecule has 0 fully saturated rings. The number of ether oxygens (including phenoxy) is 1. The van der Waals surface area contributed by atoms with E-state index in [1.165, 1.54) is 0 Å². The van der Waals surface area contributed by atoms with Crippen molar-refractivity contribution >= 4 is 55.2 Å². The molecule has 0 radical (unpaired) electrons. The maximum Gasteiger partial charge on any atom is 0.573 e. The summed E-state index contributed by atoms with van der Waals surface area (Å²) in [7, 11) is 0. The van der Waals surface area contributed by atoms with Gasteiger partial charge in [-0.1, -0.05) is 31.9 Å². The van der Waals surface area contributed by atoms with Gasteiger partial charge in [0.05, 0.1) is 11.3 Å². The predicted molar refractivity (Wildman–Crippen MR) is 109 cm³/mol. The summed E-state index contributed by atoms with van der Waals surface area (Å²) in [6.45, 7) is 0.319. The van der Waals surface area contributed by atoms with Crippen molar-refractivity contribution in [2.24, 2.45) is 5.73 Å². The van der Waals surface area contributed by atoms with E-state index < -0.39 is 24.1 Å². The molecular weight excluding hydrogens is 525 g/mol. The topological polar surface area (TPSA) is 105 Å². The van der Waals surface area contributed by atoms with Gasteiger partial charge >= 0.3 is 12.4 Å². The second-order valence-electron chi connectivity index (χ2n) is 5.54. The van der Waals surface area contributed by atoms with Crippen molar-refractivity contribution in [2.75, 3.05) is 23.7 Å². The van der Waals surface area contributed by atoms with E-state index in [2.05, 4.69) is 52.5 Å². The standard InChI is InChI=1S/C17H15Br2F3N4O3/c18-9-5-10(19)7-11(6-9)25-16(28)26-14-8-12(29-17(20,21)22)1-2-13(14)15(27)24-4-3-23/h1-2,5-8H,3-4,23H2,(H,24,27)(H2,25,26,28). The molecule has 5 N–H and O–H groups in total. The highest BCUT2D eigenvalue weighted by atomic mass is 79.9. The third-order valence-electron chi connectivity index (χ3n) is 3.27. The van der Waals surface area contributed by atoms with Gasteiger partial charge in [0, 0.05) is 33.8 Å². The molecule has 0 heterocycles. The Morgan fingerprint density at radius 3 is 2.28 bits per heavy atom. The van der Waals surface area contributed by atoms with Crippen LogP contribution in [-0.2, 0) is 0 Å². The summed E-state index contributed by atoms with van der Waals surface area (Å²) in [5.74, 6) is -1.21. The van der Waals surface area contributed by atoms with Crippen molar-refractivity contribution in [1.82, 2.24) is 5.32 Å². The zero-order valence-electron chi connectivity index (χ0n) is 14.6. The molecule has 0 aliphatic heterocycles. The van der Waals surface area contributed by atoms with Gasteiger partial charge in [-0.2, -0.15) is 0 Å². The fourth-order valence-electron chi connectivity index (χ4n) is 2.21. The number of rotatable bonds is 6. The number of carbonyl (C=O) groups is 2.